The highest BCUT2D eigenvalue weighted by molar-refractivity contribution is 7.74. The molecule has 1 unspecified atom stereocenters. The van der Waals surface area contributed by atoms with Gasteiger partial charge in [-0.2, -0.15) is 0 Å². The summed E-state index contributed by atoms with van der Waals surface area (Å²) in [5, 5.41) is 5.83. The third-order valence-electron chi connectivity index (χ3n) is 9.42. The van der Waals surface area contributed by atoms with Crippen molar-refractivity contribution in [3.63, 3.8) is 0 Å². The lowest BCUT2D eigenvalue weighted by Gasteiger charge is -2.32. The number of hydrogen-bond acceptors (Lipinski definition) is 3. The van der Waals surface area contributed by atoms with Crippen LogP contribution >= 0.6 is 15.8 Å². The number of hydrogen-bond donors (Lipinski definition) is 0. The lowest BCUT2D eigenvalue weighted by atomic mass is 10.1. The van der Waals surface area contributed by atoms with Crippen molar-refractivity contribution in [2.45, 2.75) is 101 Å². The minimum Gasteiger partial charge on any atom is -0.497 e. The number of rotatable bonds is 9. The fourth-order valence-electron chi connectivity index (χ4n) is 8.03. The molecule has 4 aromatic rings. The molecule has 0 N–H and O–H groups in total. The zero-order valence-electron chi connectivity index (χ0n) is 30.9. The fourth-order valence-corrected chi connectivity index (χ4v) is 14.3. The molecule has 250 valence electrons. The Morgan fingerprint density at radius 3 is 1.26 bits per heavy atom. The molecule has 1 saturated heterocycles. The largest absolute Gasteiger partial charge is 0.497 e. The van der Waals surface area contributed by atoms with E-state index in [0.29, 0.717) is 0 Å². The second-order valence-electron chi connectivity index (χ2n) is 14.3. The van der Waals surface area contributed by atoms with E-state index in [0.717, 1.165) is 18.1 Å². The second kappa shape index (κ2) is 14.1. The van der Waals surface area contributed by atoms with Crippen LogP contribution in [0.4, 0.5) is 0 Å². The Morgan fingerprint density at radius 2 is 0.894 bits per heavy atom. The van der Waals surface area contributed by atoms with Gasteiger partial charge in [0.1, 0.15) is 5.75 Å². The van der Waals surface area contributed by atoms with Crippen molar-refractivity contribution in [2.24, 2.45) is 0 Å². The smallest absolute Gasteiger partial charge is 0.163 e. The van der Waals surface area contributed by atoms with Crippen LogP contribution in [-0.2, 0) is 9.47 Å². The Morgan fingerprint density at radius 1 is 0.532 bits per heavy atom. The van der Waals surface area contributed by atoms with Crippen LogP contribution in [0.2, 0.25) is 0 Å². The summed E-state index contributed by atoms with van der Waals surface area (Å²) in [5.74, 6) is 0.245. The molecule has 0 bridgehead atoms. The maximum absolute atomic E-state index is 6.95. The zero-order chi connectivity index (χ0) is 34.4. The summed E-state index contributed by atoms with van der Waals surface area (Å²) in [7, 11) is 0.287. The van der Waals surface area contributed by atoms with Gasteiger partial charge >= 0.3 is 0 Å². The molecule has 0 radical (unpaired) electrons. The first kappa shape index (κ1) is 35.8. The van der Waals surface area contributed by atoms with Crippen molar-refractivity contribution in [3.8, 4) is 5.75 Å². The van der Waals surface area contributed by atoms with E-state index in [4.69, 9.17) is 14.2 Å². The van der Waals surface area contributed by atoms with Gasteiger partial charge in [0, 0.05) is 12.3 Å². The Hall–Kier alpha value is -2.54. The van der Waals surface area contributed by atoms with Gasteiger partial charge in [-0.05, 0) is 171 Å². The maximum atomic E-state index is 6.95. The quantitative estimate of drug-likeness (QED) is 0.167. The van der Waals surface area contributed by atoms with E-state index in [1.54, 1.807) is 7.11 Å². The van der Waals surface area contributed by atoms with E-state index in [9.17, 15) is 0 Å². The van der Waals surface area contributed by atoms with Gasteiger partial charge in [-0.25, -0.2) is 0 Å². The predicted octanol–water partition coefficient (Wildman–Crippen LogP) is 8.87. The highest BCUT2D eigenvalue weighted by atomic mass is 31.1. The van der Waals surface area contributed by atoms with Gasteiger partial charge in [-0.3, -0.25) is 0 Å². The van der Waals surface area contributed by atoms with Crippen LogP contribution in [0.1, 0.15) is 69.5 Å². The highest BCUT2D eigenvalue weighted by Gasteiger charge is 2.44. The van der Waals surface area contributed by atoms with Gasteiger partial charge in [0.25, 0.3) is 0 Å². The Bertz CT molecular complexity index is 1660. The predicted molar refractivity (Wildman–Crippen MR) is 206 cm³/mol. The van der Waals surface area contributed by atoms with Crippen LogP contribution in [0.25, 0.3) is 0 Å². The molecule has 1 fully saturated rings. The average molecular weight is 669 g/mol. The van der Waals surface area contributed by atoms with Crippen molar-refractivity contribution in [2.75, 3.05) is 19.4 Å². The maximum Gasteiger partial charge on any atom is 0.163 e. The zero-order valence-corrected chi connectivity index (χ0v) is 32.7. The second-order valence-corrected chi connectivity index (χ2v) is 18.6. The van der Waals surface area contributed by atoms with Crippen molar-refractivity contribution in [1.29, 1.82) is 0 Å². The molecule has 3 atom stereocenters. The third kappa shape index (κ3) is 7.71. The van der Waals surface area contributed by atoms with Crippen LogP contribution in [-0.4, -0.2) is 37.4 Å². The van der Waals surface area contributed by atoms with Gasteiger partial charge in [0.2, 0.25) is 0 Å². The Labute approximate surface area is 287 Å². The number of benzene rings is 4. The summed E-state index contributed by atoms with van der Waals surface area (Å²) in [6.45, 7) is 26.8. The lowest BCUT2D eigenvalue weighted by molar-refractivity contribution is -0.142. The molecule has 0 spiro atoms. The standard InChI is InChI=1S/C42H54O3P2/c1-25-16-29(5)39(30(6)17-25)46(38-15-14-35(43-13)22-28(38)4)23-36-37(45-42(11,12)44-36)24-47(40-31(7)18-26(2)19-32(40)8)41-33(9)20-27(3)21-34(41)10/h14-22,36-37H,23-24H2,1-13H3/t36-,37-,46?/m0/s1. The molecule has 47 heavy (non-hydrogen) atoms. The van der Waals surface area contributed by atoms with Gasteiger partial charge in [-0.15, -0.1) is 0 Å². The van der Waals surface area contributed by atoms with Crippen molar-refractivity contribution in [3.05, 3.63) is 110 Å². The molecular formula is C42H54O3P2. The molecule has 5 heteroatoms. The Kier molecular flexibility index (Phi) is 10.8. The normalized spacial score (nSPS) is 18.2. The van der Waals surface area contributed by atoms with Crippen molar-refractivity contribution < 1.29 is 14.2 Å². The van der Waals surface area contributed by atoms with Crippen molar-refractivity contribution >= 4 is 37.1 Å². The first-order valence-electron chi connectivity index (χ1n) is 16.9. The highest BCUT2D eigenvalue weighted by Crippen LogP contribution is 2.47. The van der Waals surface area contributed by atoms with E-state index < -0.39 is 21.6 Å². The van der Waals surface area contributed by atoms with Gasteiger partial charge in [-0.1, -0.05) is 59.2 Å². The fraction of sp³-hybridized carbons (Fsp3) is 0.429. The lowest BCUT2D eigenvalue weighted by Crippen LogP contribution is -2.36. The summed E-state index contributed by atoms with van der Waals surface area (Å²) >= 11 is 0. The third-order valence-corrected chi connectivity index (χ3v) is 15.7. The summed E-state index contributed by atoms with van der Waals surface area (Å²) in [4.78, 5) is 0. The number of aryl methyl sites for hydroxylation is 10. The minimum absolute atomic E-state index is 0.0362. The molecule has 1 heterocycles. The van der Waals surface area contributed by atoms with Crippen LogP contribution in [0, 0.1) is 69.2 Å². The van der Waals surface area contributed by atoms with E-state index in [1.807, 2.05) is 0 Å². The summed E-state index contributed by atoms with van der Waals surface area (Å²) in [5.41, 5.74) is 13.4. The molecule has 0 amide bonds. The summed E-state index contributed by atoms with van der Waals surface area (Å²) in [6.07, 6.45) is 1.75. The molecule has 5 rings (SSSR count). The first-order valence-corrected chi connectivity index (χ1v) is 19.9. The molecule has 1 aliphatic heterocycles. The van der Waals surface area contributed by atoms with E-state index >= 15 is 0 Å². The molecule has 0 saturated carbocycles. The monoisotopic (exact) mass is 668 g/mol. The van der Waals surface area contributed by atoms with Crippen LogP contribution < -0.4 is 26.0 Å². The molecule has 0 aromatic heterocycles. The SMILES string of the molecule is COc1ccc(P(C[C@@H]2OC(C)(C)O[C@H]2CP(c2c(C)cc(C)cc2C)c2c(C)cc(C)cc2C)c2c(C)cc(C)cc2C)c(C)c1. The number of methoxy groups -OCH3 is 1. The van der Waals surface area contributed by atoms with Crippen molar-refractivity contribution in [1.82, 2.24) is 0 Å². The molecule has 4 aromatic carbocycles. The topological polar surface area (TPSA) is 27.7 Å². The molecule has 3 nitrogen and oxygen atoms in total. The van der Waals surface area contributed by atoms with Crippen LogP contribution in [0.5, 0.6) is 5.75 Å². The summed E-state index contributed by atoms with van der Waals surface area (Å²) < 4.78 is 19.5. The van der Waals surface area contributed by atoms with E-state index in [1.165, 1.54) is 76.9 Å². The first-order chi connectivity index (χ1) is 22.1. The van der Waals surface area contributed by atoms with Crippen LogP contribution in [0.15, 0.2) is 54.6 Å². The van der Waals surface area contributed by atoms with Gasteiger partial charge < -0.3 is 14.2 Å². The Balaban J connectivity index is 1.63. The van der Waals surface area contributed by atoms with E-state index in [-0.39, 0.29) is 12.2 Å². The molecule has 1 aliphatic rings. The summed E-state index contributed by atoms with van der Waals surface area (Å²) in [6, 6.07) is 20.7. The molecule has 0 aliphatic carbocycles. The van der Waals surface area contributed by atoms with E-state index in [2.05, 4.69) is 138 Å². The average Bonchev–Trinajstić information content (AvgIpc) is 3.23. The van der Waals surface area contributed by atoms with Gasteiger partial charge in [0.05, 0.1) is 19.3 Å². The van der Waals surface area contributed by atoms with Crippen LogP contribution in [0.3, 0.4) is 0 Å². The van der Waals surface area contributed by atoms with Gasteiger partial charge in [0.15, 0.2) is 5.79 Å². The minimum atomic E-state index is -0.743. The molecular weight excluding hydrogens is 614 g/mol. The number of ether oxygens (including phenoxy) is 3.